The number of ether oxygens (including phenoxy) is 1. The number of benzene rings is 1. The molecule has 0 spiro atoms. The molecule has 6 heteroatoms. The van der Waals surface area contributed by atoms with Gasteiger partial charge in [0.25, 0.3) is 0 Å². The molecule has 0 fully saturated rings. The quantitative estimate of drug-likeness (QED) is 0.359. The number of aliphatic imine (C=N–C) groups is 1. The zero-order valence-electron chi connectivity index (χ0n) is 14.2. The highest BCUT2D eigenvalue weighted by Crippen LogP contribution is 2.09. The molecule has 1 aromatic heterocycles. The Hall–Kier alpha value is -1.12. The van der Waals surface area contributed by atoms with E-state index in [1.807, 2.05) is 0 Å². The van der Waals surface area contributed by atoms with E-state index in [0.29, 0.717) is 13.2 Å². The van der Waals surface area contributed by atoms with Crippen molar-refractivity contribution in [2.45, 2.75) is 26.5 Å². The first-order chi connectivity index (χ1) is 11.3. The molecule has 0 aliphatic heterocycles. The highest BCUT2D eigenvalue weighted by molar-refractivity contribution is 14.0. The van der Waals surface area contributed by atoms with Gasteiger partial charge in [0.15, 0.2) is 5.96 Å². The van der Waals surface area contributed by atoms with Crippen molar-refractivity contribution in [2.24, 2.45) is 4.99 Å². The minimum atomic E-state index is 0. The molecule has 2 N–H and O–H groups in total. The minimum absolute atomic E-state index is 0. The number of methoxy groups -OCH3 is 1. The molecule has 0 saturated heterocycles. The van der Waals surface area contributed by atoms with Crippen LogP contribution in [0.1, 0.15) is 22.9 Å². The van der Waals surface area contributed by atoms with Crippen LogP contribution in [0.25, 0.3) is 0 Å². The Bertz CT molecular complexity index is 602. The highest BCUT2D eigenvalue weighted by Gasteiger charge is 2.00. The van der Waals surface area contributed by atoms with E-state index in [1.165, 1.54) is 16.0 Å². The molecule has 1 heterocycles. The second-order valence-corrected chi connectivity index (χ2v) is 6.24. The van der Waals surface area contributed by atoms with Crippen LogP contribution in [0.4, 0.5) is 0 Å². The van der Waals surface area contributed by atoms with Crippen molar-refractivity contribution in [1.29, 1.82) is 0 Å². The van der Waals surface area contributed by atoms with Crippen LogP contribution in [0, 0.1) is 0 Å². The maximum absolute atomic E-state index is 5.18. The molecule has 0 unspecified atom stereocenters. The van der Waals surface area contributed by atoms with Crippen molar-refractivity contribution >= 4 is 41.3 Å². The van der Waals surface area contributed by atoms with Gasteiger partial charge in [-0.25, -0.2) is 4.99 Å². The molecule has 2 aromatic rings. The van der Waals surface area contributed by atoms with Gasteiger partial charge >= 0.3 is 0 Å². The molecule has 2 rings (SSSR count). The van der Waals surface area contributed by atoms with Crippen LogP contribution in [0.5, 0.6) is 0 Å². The van der Waals surface area contributed by atoms with Gasteiger partial charge in [0.1, 0.15) is 0 Å². The molecule has 0 bridgehead atoms. The Kier molecular flexibility index (Phi) is 10.7. The lowest BCUT2D eigenvalue weighted by Gasteiger charge is -2.11. The van der Waals surface area contributed by atoms with Crippen molar-refractivity contribution in [1.82, 2.24) is 10.6 Å². The summed E-state index contributed by atoms with van der Waals surface area (Å²) in [7, 11) is 1.71. The molecule has 4 nitrogen and oxygen atoms in total. The Morgan fingerprint density at radius 1 is 1.17 bits per heavy atom. The molecule has 0 amide bonds. The van der Waals surface area contributed by atoms with Crippen LogP contribution < -0.4 is 10.6 Å². The maximum atomic E-state index is 5.18. The highest BCUT2D eigenvalue weighted by atomic mass is 127. The average Bonchev–Trinajstić information content (AvgIpc) is 3.07. The SMILES string of the molecule is CCNC(=NCc1cccc(COC)c1)NCCc1cccs1.I. The van der Waals surface area contributed by atoms with E-state index in [4.69, 9.17) is 4.74 Å². The molecule has 0 radical (unpaired) electrons. The third-order valence-electron chi connectivity index (χ3n) is 3.31. The Balaban J connectivity index is 0.00000288. The minimum Gasteiger partial charge on any atom is -0.380 e. The van der Waals surface area contributed by atoms with Crippen LogP contribution in [0.2, 0.25) is 0 Å². The van der Waals surface area contributed by atoms with E-state index in [1.54, 1.807) is 18.4 Å². The first-order valence-corrected chi connectivity index (χ1v) is 8.81. The summed E-state index contributed by atoms with van der Waals surface area (Å²) in [5.41, 5.74) is 2.37. The fraction of sp³-hybridized carbons (Fsp3) is 0.389. The lowest BCUT2D eigenvalue weighted by molar-refractivity contribution is 0.185. The largest absolute Gasteiger partial charge is 0.380 e. The van der Waals surface area contributed by atoms with Crippen LogP contribution in [0.3, 0.4) is 0 Å². The summed E-state index contributed by atoms with van der Waals surface area (Å²) in [6.07, 6.45) is 1.02. The second-order valence-electron chi connectivity index (χ2n) is 5.20. The number of halogens is 1. The maximum Gasteiger partial charge on any atom is 0.191 e. The van der Waals surface area contributed by atoms with Crippen LogP contribution in [0.15, 0.2) is 46.8 Å². The van der Waals surface area contributed by atoms with Gasteiger partial charge in [-0.15, -0.1) is 35.3 Å². The van der Waals surface area contributed by atoms with Gasteiger partial charge in [0.2, 0.25) is 0 Å². The summed E-state index contributed by atoms with van der Waals surface area (Å²) in [6.45, 7) is 5.11. The smallest absolute Gasteiger partial charge is 0.191 e. The standard InChI is InChI=1S/C18H25N3OS.HI/c1-3-19-18(20-10-9-17-8-5-11-23-17)21-13-15-6-4-7-16(12-15)14-22-2;/h4-8,11-12H,3,9-10,13-14H2,1-2H3,(H2,19,20,21);1H. The lowest BCUT2D eigenvalue weighted by Crippen LogP contribution is -2.38. The summed E-state index contributed by atoms with van der Waals surface area (Å²) in [4.78, 5) is 6.05. The summed E-state index contributed by atoms with van der Waals surface area (Å²) < 4.78 is 5.18. The number of thiophene rings is 1. The summed E-state index contributed by atoms with van der Waals surface area (Å²) >= 11 is 1.79. The summed E-state index contributed by atoms with van der Waals surface area (Å²) in [5, 5.41) is 8.79. The van der Waals surface area contributed by atoms with Gasteiger partial charge in [-0.2, -0.15) is 0 Å². The molecular formula is C18H26IN3OS. The second kappa shape index (κ2) is 12.3. The molecule has 0 saturated carbocycles. The molecule has 0 atom stereocenters. The third kappa shape index (κ3) is 7.63. The molecular weight excluding hydrogens is 433 g/mol. The number of nitrogens with zero attached hydrogens (tertiary/aromatic N) is 1. The van der Waals surface area contributed by atoms with Gasteiger partial charge in [0.05, 0.1) is 13.2 Å². The van der Waals surface area contributed by atoms with Crippen molar-refractivity contribution < 1.29 is 4.74 Å². The van der Waals surface area contributed by atoms with E-state index in [9.17, 15) is 0 Å². The zero-order valence-corrected chi connectivity index (χ0v) is 17.4. The molecule has 132 valence electrons. The van der Waals surface area contributed by atoms with Crippen molar-refractivity contribution in [3.8, 4) is 0 Å². The number of nitrogens with one attached hydrogen (secondary N) is 2. The first-order valence-electron chi connectivity index (χ1n) is 7.93. The Morgan fingerprint density at radius 2 is 2.00 bits per heavy atom. The van der Waals surface area contributed by atoms with E-state index in [0.717, 1.165) is 25.5 Å². The lowest BCUT2D eigenvalue weighted by atomic mass is 10.1. The van der Waals surface area contributed by atoms with E-state index < -0.39 is 0 Å². The Labute approximate surface area is 165 Å². The first kappa shape index (κ1) is 20.9. The van der Waals surface area contributed by atoms with Crippen LogP contribution in [-0.2, 0) is 24.3 Å². The van der Waals surface area contributed by atoms with E-state index in [-0.39, 0.29) is 24.0 Å². The Morgan fingerprint density at radius 3 is 2.71 bits per heavy atom. The van der Waals surface area contributed by atoms with Gasteiger partial charge < -0.3 is 15.4 Å². The number of hydrogen-bond acceptors (Lipinski definition) is 3. The number of hydrogen-bond donors (Lipinski definition) is 2. The third-order valence-corrected chi connectivity index (χ3v) is 4.25. The summed E-state index contributed by atoms with van der Waals surface area (Å²) in [5.74, 6) is 0.862. The van der Waals surface area contributed by atoms with Crippen molar-refractivity contribution in [2.75, 3.05) is 20.2 Å². The molecule has 1 aromatic carbocycles. The average molecular weight is 459 g/mol. The fourth-order valence-corrected chi connectivity index (χ4v) is 2.96. The van der Waals surface area contributed by atoms with Gasteiger partial charge in [-0.3, -0.25) is 0 Å². The number of guanidine groups is 1. The van der Waals surface area contributed by atoms with Gasteiger partial charge in [-0.05, 0) is 35.9 Å². The van der Waals surface area contributed by atoms with E-state index in [2.05, 4.69) is 64.3 Å². The van der Waals surface area contributed by atoms with Gasteiger partial charge in [-0.1, -0.05) is 30.3 Å². The summed E-state index contributed by atoms with van der Waals surface area (Å²) in [6, 6.07) is 12.6. The van der Waals surface area contributed by atoms with Crippen molar-refractivity contribution in [3.63, 3.8) is 0 Å². The van der Waals surface area contributed by atoms with Gasteiger partial charge in [0, 0.05) is 25.1 Å². The molecule has 0 aliphatic carbocycles. The molecule has 24 heavy (non-hydrogen) atoms. The molecule has 0 aliphatic rings. The fourth-order valence-electron chi connectivity index (χ4n) is 2.26. The zero-order chi connectivity index (χ0) is 16.3. The van der Waals surface area contributed by atoms with Crippen LogP contribution in [-0.4, -0.2) is 26.2 Å². The van der Waals surface area contributed by atoms with Crippen molar-refractivity contribution in [3.05, 3.63) is 57.8 Å². The topological polar surface area (TPSA) is 45.7 Å². The predicted octanol–water partition coefficient (Wildman–Crippen LogP) is 3.81. The number of rotatable bonds is 8. The monoisotopic (exact) mass is 459 g/mol. The predicted molar refractivity (Wildman–Crippen MR) is 113 cm³/mol. The van der Waals surface area contributed by atoms with E-state index >= 15 is 0 Å². The van der Waals surface area contributed by atoms with Crippen LogP contribution >= 0.6 is 35.3 Å². The normalized spacial score (nSPS) is 11.0.